The minimum Gasteiger partial charge on any atom is -0.493 e. The number of nitrogens with one attached hydrogen (secondary N) is 1. The number of primary amides is 1. The van der Waals surface area contributed by atoms with E-state index in [9.17, 15) is 4.79 Å². The van der Waals surface area contributed by atoms with Crippen LogP contribution in [-0.4, -0.2) is 30.1 Å². The van der Waals surface area contributed by atoms with Gasteiger partial charge >= 0.3 is 0 Å². The summed E-state index contributed by atoms with van der Waals surface area (Å²) >= 11 is 0. The lowest BCUT2D eigenvalue weighted by molar-refractivity contribution is 0.100. The van der Waals surface area contributed by atoms with Crippen LogP contribution in [0.1, 0.15) is 10.4 Å². The van der Waals surface area contributed by atoms with Gasteiger partial charge in [-0.1, -0.05) is 0 Å². The Balaban J connectivity index is 1.59. The van der Waals surface area contributed by atoms with Gasteiger partial charge in [-0.15, -0.1) is 0 Å². The third kappa shape index (κ3) is 4.18. The van der Waals surface area contributed by atoms with Crippen molar-refractivity contribution in [3.05, 3.63) is 72.6 Å². The summed E-state index contributed by atoms with van der Waals surface area (Å²) in [6, 6.07) is 16.0. The number of anilines is 2. The fourth-order valence-electron chi connectivity index (χ4n) is 3.11. The van der Waals surface area contributed by atoms with Gasteiger partial charge in [0.2, 0.25) is 0 Å². The molecule has 0 aliphatic heterocycles. The van der Waals surface area contributed by atoms with Gasteiger partial charge < -0.3 is 25.3 Å². The molecule has 1 amide bonds. The van der Waals surface area contributed by atoms with Gasteiger partial charge in [0.25, 0.3) is 5.91 Å². The molecule has 0 fully saturated rings. The normalized spacial score (nSPS) is 10.5. The van der Waals surface area contributed by atoms with E-state index >= 15 is 0 Å². The number of amides is 1. The molecule has 0 saturated heterocycles. The van der Waals surface area contributed by atoms with E-state index in [0.717, 1.165) is 16.6 Å². The highest BCUT2D eigenvalue weighted by molar-refractivity contribution is 5.98. The van der Waals surface area contributed by atoms with Gasteiger partial charge in [0.15, 0.2) is 11.5 Å². The summed E-state index contributed by atoms with van der Waals surface area (Å²) in [5.74, 6) is 2.29. The molecule has 156 valence electrons. The first-order chi connectivity index (χ1) is 15.1. The molecule has 8 nitrogen and oxygen atoms in total. The van der Waals surface area contributed by atoms with Crippen LogP contribution >= 0.6 is 0 Å². The van der Waals surface area contributed by atoms with Crippen molar-refractivity contribution < 1.29 is 19.0 Å². The van der Waals surface area contributed by atoms with E-state index in [1.165, 1.54) is 0 Å². The van der Waals surface area contributed by atoms with Crippen LogP contribution in [0, 0.1) is 0 Å². The number of rotatable bonds is 7. The van der Waals surface area contributed by atoms with E-state index in [1.54, 1.807) is 50.9 Å². The van der Waals surface area contributed by atoms with E-state index in [2.05, 4.69) is 15.3 Å². The topological polar surface area (TPSA) is 109 Å². The van der Waals surface area contributed by atoms with E-state index in [-0.39, 0.29) is 0 Å². The molecule has 2 aromatic heterocycles. The van der Waals surface area contributed by atoms with Crippen LogP contribution in [0.5, 0.6) is 23.0 Å². The molecule has 4 rings (SSSR count). The predicted molar refractivity (Wildman–Crippen MR) is 117 cm³/mol. The Labute approximate surface area is 178 Å². The zero-order valence-electron chi connectivity index (χ0n) is 17.0. The highest BCUT2D eigenvalue weighted by Gasteiger charge is 2.12. The number of ether oxygens (including phenoxy) is 3. The van der Waals surface area contributed by atoms with Crippen molar-refractivity contribution in [2.75, 3.05) is 19.5 Å². The van der Waals surface area contributed by atoms with Gasteiger partial charge in [0.1, 0.15) is 17.3 Å². The van der Waals surface area contributed by atoms with Crippen LogP contribution < -0.4 is 25.3 Å². The number of nitrogens with zero attached hydrogens (tertiary/aromatic N) is 2. The molecule has 31 heavy (non-hydrogen) atoms. The van der Waals surface area contributed by atoms with Gasteiger partial charge in [-0.25, -0.2) is 4.98 Å². The fraction of sp³-hybridized carbons (Fsp3) is 0.0870. The molecule has 8 heteroatoms. The van der Waals surface area contributed by atoms with Gasteiger partial charge in [0.05, 0.1) is 25.3 Å². The first kappa shape index (κ1) is 20.0. The lowest BCUT2D eigenvalue weighted by atomic mass is 10.2. The summed E-state index contributed by atoms with van der Waals surface area (Å²) in [6.45, 7) is 0. The summed E-state index contributed by atoms with van der Waals surface area (Å²) in [5.41, 5.74) is 7.18. The molecule has 0 saturated carbocycles. The predicted octanol–water partition coefficient (Wildman–Crippen LogP) is 4.28. The maximum Gasteiger partial charge on any atom is 0.252 e. The van der Waals surface area contributed by atoms with Crippen LogP contribution in [0.25, 0.3) is 10.9 Å². The first-order valence-corrected chi connectivity index (χ1v) is 9.39. The number of nitrogens with two attached hydrogens (primary N) is 1. The summed E-state index contributed by atoms with van der Waals surface area (Å²) in [5, 5.41) is 3.89. The van der Waals surface area contributed by atoms with E-state index in [1.807, 2.05) is 30.3 Å². The second-order valence-corrected chi connectivity index (χ2v) is 6.55. The van der Waals surface area contributed by atoms with E-state index < -0.39 is 5.91 Å². The average Bonchev–Trinajstić information content (AvgIpc) is 2.80. The molecule has 4 aromatic rings. The van der Waals surface area contributed by atoms with Crippen molar-refractivity contribution in [3.63, 3.8) is 0 Å². The number of hydrogen-bond donors (Lipinski definition) is 2. The molecule has 0 spiro atoms. The Morgan fingerprint density at radius 3 is 2.35 bits per heavy atom. The maximum atomic E-state index is 11.6. The largest absolute Gasteiger partial charge is 0.493 e. The second-order valence-electron chi connectivity index (χ2n) is 6.55. The number of carbonyl (C=O) groups excluding carboxylic acids is 1. The standard InChI is InChI=1S/C23H20N4O4/c1-29-20-12-17-18(13-21(20)30-2)25-11-9-19(17)31-15-7-5-14(6-8-15)27-23-16(22(24)28)4-3-10-26-23/h3-13H,1-2H3,(H2,24,28)(H,26,27). The van der Waals surface area contributed by atoms with Gasteiger partial charge in [-0.05, 0) is 48.5 Å². The summed E-state index contributed by atoms with van der Waals surface area (Å²) in [7, 11) is 3.16. The quantitative estimate of drug-likeness (QED) is 0.463. The highest BCUT2D eigenvalue weighted by Crippen LogP contribution is 2.37. The molecule has 2 aromatic carbocycles. The maximum absolute atomic E-state index is 11.6. The fourth-order valence-corrected chi connectivity index (χ4v) is 3.11. The summed E-state index contributed by atoms with van der Waals surface area (Å²) < 4.78 is 16.8. The molecule has 0 bridgehead atoms. The van der Waals surface area contributed by atoms with Gasteiger partial charge in [-0.3, -0.25) is 9.78 Å². The molecule has 0 aliphatic carbocycles. The van der Waals surface area contributed by atoms with E-state index in [4.69, 9.17) is 19.9 Å². The lowest BCUT2D eigenvalue weighted by Crippen LogP contribution is -2.14. The highest BCUT2D eigenvalue weighted by atomic mass is 16.5. The van der Waals surface area contributed by atoms with Crippen molar-refractivity contribution >= 4 is 28.3 Å². The zero-order chi connectivity index (χ0) is 21.8. The summed E-state index contributed by atoms with van der Waals surface area (Å²) in [4.78, 5) is 20.1. The number of aromatic nitrogens is 2. The Hall–Kier alpha value is -4.33. The molecule has 3 N–H and O–H groups in total. The van der Waals surface area contributed by atoms with Crippen molar-refractivity contribution in [2.45, 2.75) is 0 Å². The Morgan fingerprint density at radius 2 is 1.65 bits per heavy atom. The van der Waals surface area contributed by atoms with Crippen molar-refractivity contribution in [1.82, 2.24) is 9.97 Å². The minimum absolute atomic E-state index is 0.315. The monoisotopic (exact) mass is 416 g/mol. The molecule has 0 atom stereocenters. The Kier molecular flexibility index (Phi) is 5.53. The number of pyridine rings is 2. The SMILES string of the molecule is COc1cc2nccc(Oc3ccc(Nc4ncccc4C(N)=O)cc3)c2cc1OC. The van der Waals surface area contributed by atoms with Crippen LogP contribution in [0.3, 0.4) is 0 Å². The molecular formula is C23H20N4O4. The third-order valence-corrected chi connectivity index (χ3v) is 4.62. The molecule has 0 aliphatic rings. The van der Waals surface area contributed by atoms with Crippen molar-refractivity contribution in [3.8, 4) is 23.0 Å². The van der Waals surface area contributed by atoms with Crippen molar-refractivity contribution in [1.29, 1.82) is 0 Å². The number of benzene rings is 2. The number of hydrogen-bond acceptors (Lipinski definition) is 7. The minimum atomic E-state index is -0.549. The smallest absolute Gasteiger partial charge is 0.252 e. The van der Waals surface area contributed by atoms with Crippen LogP contribution in [0.4, 0.5) is 11.5 Å². The van der Waals surface area contributed by atoms with Crippen LogP contribution in [0.2, 0.25) is 0 Å². The number of carbonyl (C=O) groups is 1. The van der Waals surface area contributed by atoms with Gasteiger partial charge in [-0.2, -0.15) is 0 Å². The second kappa shape index (κ2) is 8.58. The number of methoxy groups -OCH3 is 2. The van der Waals surface area contributed by atoms with E-state index in [0.29, 0.717) is 34.4 Å². The van der Waals surface area contributed by atoms with Crippen molar-refractivity contribution in [2.24, 2.45) is 5.73 Å². The average molecular weight is 416 g/mol. The first-order valence-electron chi connectivity index (χ1n) is 9.39. The molecule has 0 radical (unpaired) electrons. The van der Waals surface area contributed by atoms with Crippen LogP contribution in [-0.2, 0) is 0 Å². The third-order valence-electron chi connectivity index (χ3n) is 4.62. The Bertz CT molecular complexity index is 1240. The van der Waals surface area contributed by atoms with Crippen LogP contribution in [0.15, 0.2) is 67.0 Å². The molecule has 0 unspecified atom stereocenters. The zero-order valence-corrected chi connectivity index (χ0v) is 17.0. The molecule has 2 heterocycles. The summed E-state index contributed by atoms with van der Waals surface area (Å²) in [6.07, 6.45) is 3.26. The number of fused-ring (bicyclic) bond motifs is 1. The molecular weight excluding hydrogens is 396 g/mol. The van der Waals surface area contributed by atoms with Gasteiger partial charge in [0, 0.05) is 29.5 Å². The Morgan fingerprint density at radius 1 is 0.903 bits per heavy atom. The lowest BCUT2D eigenvalue weighted by Gasteiger charge is -2.13.